The van der Waals surface area contributed by atoms with Crippen LogP contribution >= 0.6 is 11.8 Å². The Labute approximate surface area is 164 Å². The van der Waals surface area contributed by atoms with Crippen LogP contribution in [0.15, 0.2) is 57.2 Å². The smallest absolute Gasteiger partial charge is 0.251 e. The van der Waals surface area contributed by atoms with Gasteiger partial charge in [0.1, 0.15) is 5.84 Å². The van der Waals surface area contributed by atoms with Crippen molar-refractivity contribution in [2.45, 2.75) is 23.1 Å². The van der Waals surface area contributed by atoms with E-state index >= 15 is 0 Å². The fourth-order valence-electron chi connectivity index (χ4n) is 3.32. The molecule has 0 saturated carbocycles. The Kier molecular flexibility index (Phi) is 5.45. The number of benzene rings is 2. The Hall–Kier alpha value is -2.31. The number of piperazine rings is 1. The Morgan fingerprint density at radius 3 is 2.81 bits per heavy atom. The average Bonchev–Trinajstić information content (AvgIpc) is 2.88. The lowest BCUT2D eigenvalue weighted by molar-refractivity contribution is 0.0953. The second-order valence-electron chi connectivity index (χ2n) is 6.71. The highest BCUT2D eigenvalue weighted by Gasteiger charge is 2.23. The third-order valence-corrected chi connectivity index (χ3v) is 5.89. The molecule has 2 N–H and O–H groups in total. The van der Waals surface area contributed by atoms with E-state index in [0.29, 0.717) is 12.1 Å². The summed E-state index contributed by atoms with van der Waals surface area (Å²) in [6, 6.07) is 14.3. The summed E-state index contributed by atoms with van der Waals surface area (Å²) in [7, 11) is 0. The highest BCUT2D eigenvalue weighted by molar-refractivity contribution is 7.99. The van der Waals surface area contributed by atoms with Gasteiger partial charge in [0.25, 0.3) is 5.91 Å². The molecule has 2 aliphatic rings. The van der Waals surface area contributed by atoms with Crippen LogP contribution in [0.2, 0.25) is 0 Å². The van der Waals surface area contributed by atoms with Crippen molar-refractivity contribution in [3.63, 3.8) is 0 Å². The molecule has 6 heteroatoms. The van der Waals surface area contributed by atoms with Gasteiger partial charge in [-0.05, 0) is 30.7 Å². The number of nitrogens with zero attached hydrogens (tertiary/aromatic N) is 2. The number of hydrogen-bond acceptors (Lipinski definition) is 5. The van der Waals surface area contributed by atoms with Crippen molar-refractivity contribution in [1.82, 2.24) is 15.5 Å². The zero-order chi connectivity index (χ0) is 18.6. The van der Waals surface area contributed by atoms with Crippen LogP contribution in [0.1, 0.15) is 29.3 Å². The first-order valence-corrected chi connectivity index (χ1v) is 10.3. The lowest BCUT2D eigenvalue weighted by atomic mass is 10.1. The summed E-state index contributed by atoms with van der Waals surface area (Å²) in [4.78, 5) is 22.1. The standard InChI is InChI=1S/C21H24N4OS/c1-2-9-23-21(26)15-7-8-19-17(14-15)24-20(25-12-10-22-11-13-25)16-5-3-4-6-18(16)27-19/h3-8,14,22H,2,9-13H2,1H3,(H,23,26). The van der Waals surface area contributed by atoms with E-state index in [0.717, 1.165) is 54.6 Å². The largest absolute Gasteiger partial charge is 0.354 e. The van der Waals surface area contributed by atoms with Gasteiger partial charge in [0.2, 0.25) is 0 Å². The van der Waals surface area contributed by atoms with Crippen molar-refractivity contribution in [3.8, 4) is 0 Å². The van der Waals surface area contributed by atoms with E-state index in [4.69, 9.17) is 4.99 Å². The summed E-state index contributed by atoms with van der Waals surface area (Å²) in [6.45, 7) is 6.52. The van der Waals surface area contributed by atoms with E-state index in [1.54, 1.807) is 11.8 Å². The second kappa shape index (κ2) is 8.15. The van der Waals surface area contributed by atoms with Gasteiger partial charge in [-0.1, -0.05) is 36.9 Å². The maximum absolute atomic E-state index is 12.4. The number of hydrogen-bond donors (Lipinski definition) is 2. The molecule has 4 rings (SSSR count). The first-order valence-electron chi connectivity index (χ1n) is 9.50. The number of aliphatic imine (C=N–C) groups is 1. The summed E-state index contributed by atoms with van der Waals surface area (Å²) < 4.78 is 0. The Bertz CT molecular complexity index is 874. The topological polar surface area (TPSA) is 56.7 Å². The lowest BCUT2D eigenvalue weighted by Gasteiger charge is -2.30. The summed E-state index contributed by atoms with van der Waals surface area (Å²) in [5.74, 6) is 0.967. The number of carbonyl (C=O) groups excluding carboxylic acids is 1. The van der Waals surface area contributed by atoms with Crippen molar-refractivity contribution in [2.75, 3.05) is 32.7 Å². The molecule has 0 aliphatic carbocycles. The second-order valence-corrected chi connectivity index (χ2v) is 7.79. The normalized spacial score (nSPS) is 16.0. The zero-order valence-corrected chi connectivity index (χ0v) is 16.3. The first-order chi connectivity index (χ1) is 13.3. The van der Waals surface area contributed by atoms with Crippen molar-refractivity contribution in [1.29, 1.82) is 0 Å². The number of amidine groups is 1. The maximum atomic E-state index is 12.4. The first kappa shape index (κ1) is 18.1. The van der Waals surface area contributed by atoms with Gasteiger partial charge in [0.15, 0.2) is 0 Å². The summed E-state index contributed by atoms with van der Waals surface area (Å²) >= 11 is 1.72. The predicted molar refractivity (Wildman–Crippen MR) is 110 cm³/mol. The molecule has 2 aromatic carbocycles. The molecule has 1 saturated heterocycles. The third kappa shape index (κ3) is 3.87. The van der Waals surface area contributed by atoms with Crippen LogP contribution in [0, 0.1) is 0 Å². The van der Waals surface area contributed by atoms with Crippen LogP contribution in [0.25, 0.3) is 0 Å². The molecule has 2 heterocycles. The fourth-order valence-corrected chi connectivity index (χ4v) is 4.32. The van der Waals surface area contributed by atoms with Crippen LogP contribution in [-0.4, -0.2) is 49.4 Å². The van der Waals surface area contributed by atoms with Crippen LogP contribution < -0.4 is 10.6 Å². The molecule has 0 bridgehead atoms. The van der Waals surface area contributed by atoms with Gasteiger partial charge in [0, 0.05) is 53.6 Å². The molecule has 0 aromatic heterocycles. The zero-order valence-electron chi connectivity index (χ0n) is 15.5. The van der Waals surface area contributed by atoms with Crippen molar-refractivity contribution in [3.05, 3.63) is 53.6 Å². The summed E-state index contributed by atoms with van der Waals surface area (Å²) in [6.07, 6.45) is 0.924. The number of fused-ring (bicyclic) bond motifs is 2. The van der Waals surface area contributed by atoms with Gasteiger partial charge in [-0.25, -0.2) is 4.99 Å². The van der Waals surface area contributed by atoms with E-state index in [1.807, 2.05) is 18.2 Å². The molecule has 2 aliphatic heterocycles. The molecule has 0 spiro atoms. The Morgan fingerprint density at radius 1 is 1.19 bits per heavy atom. The lowest BCUT2D eigenvalue weighted by Crippen LogP contribution is -2.46. The van der Waals surface area contributed by atoms with E-state index in [2.05, 4.69) is 46.7 Å². The van der Waals surface area contributed by atoms with Gasteiger partial charge in [-0.15, -0.1) is 0 Å². The minimum Gasteiger partial charge on any atom is -0.354 e. The highest BCUT2D eigenvalue weighted by Crippen LogP contribution is 2.41. The molecule has 1 amide bonds. The minimum absolute atomic E-state index is 0.0367. The van der Waals surface area contributed by atoms with Crippen LogP contribution in [0.5, 0.6) is 0 Å². The van der Waals surface area contributed by atoms with E-state index < -0.39 is 0 Å². The molecule has 0 atom stereocenters. The molecule has 2 aromatic rings. The number of nitrogens with one attached hydrogen (secondary N) is 2. The summed E-state index contributed by atoms with van der Waals surface area (Å²) in [5, 5.41) is 6.35. The van der Waals surface area contributed by atoms with Crippen molar-refractivity contribution >= 4 is 29.2 Å². The number of carbonyl (C=O) groups is 1. The van der Waals surface area contributed by atoms with E-state index in [9.17, 15) is 4.79 Å². The molecule has 5 nitrogen and oxygen atoms in total. The molecule has 0 radical (unpaired) electrons. The molecule has 27 heavy (non-hydrogen) atoms. The van der Waals surface area contributed by atoms with Gasteiger partial charge in [0.05, 0.1) is 5.69 Å². The number of rotatable bonds is 3. The Morgan fingerprint density at radius 2 is 2.00 bits per heavy atom. The van der Waals surface area contributed by atoms with Crippen molar-refractivity contribution in [2.24, 2.45) is 4.99 Å². The third-order valence-electron chi connectivity index (χ3n) is 4.75. The van der Waals surface area contributed by atoms with E-state index in [-0.39, 0.29) is 5.91 Å². The average molecular weight is 381 g/mol. The van der Waals surface area contributed by atoms with Crippen LogP contribution in [0.3, 0.4) is 0 Å². The highest BCUT2D eigenvalue weighted by atomic mass is 32.2. The van der Waals surface area contributed by atoms with Crippen LogP contribution in [0.4, 0.5) is 5.69 Å². The SMILES string of the molecule is CCCNC(=O)c1ccc2c(c1)N=C(N1CCNCC1)c1ccccc1S2. The Balaban J connectivity index is 1.76. The fraction of sp³-hybridized carbons (Fsp3) is 0.333. The van der Waals surface area contributed by atoms with Gasteiger partial charge >= 0.3 is 0 Å². The predicted octanol–water partition coefficient (Wildman–Crippen LogP) is 3.27. The number of amides is 1. The maximum Gasteiger partial charge on any atom is 0.251 e. The minimum atomic E-state index is -0.0367. The molecule has 140 valence electrons. The summed E-state index contributed by atoms with van der Waals surface area (Å²) in [5.41, 5.74) is 2.70. The monoisotopic (exact) mass is 380 g/mol. The van der Waals surface area contributed by atoms with Crippen molar-refractivity contribution < 1.29 is 4.79 Å². The van der Waals surface area contributed by atoms with Gasteiger partial charge < -0.3 is 15.5 Å². The molecule has 0 unspecified atom stereocenters. The molecular weight excluding hydrogens is 356 g/mol. The molecule has 1 fully saturated rings. The van der Waals surface area contributed by atoms with Gasteiger partial charge in [-0.3, -0.25) is 4.79 Å². The van der Waals surface area contributed by atoms with Gasteiger partial charge in [-0.2, -0.15) is 0 Å². The van der Waals surface area contributed by atoms with Crippen LogP contribution in [-0.2, 0) is 0 Å². The molecular formula is C21H24N4OS. The van der Waals surface area contributed by atoms with E-state index in [1.165, 1.54) is 4.90 Å². The quantitative estimate of drug-likeness (QED) is 0.858.